The van der Waals surface area contributed by atoms with E-state index >= 15 is 0 Å². The Kier molecular flexibility index (Phi) is 4.37. The van der Waals surface area contributed by atoms with Crippen molar-refractivity contribution in [1.82, 2.24) is 9.97 Å². The van der Waals surface area contributed by atoms with E-state index < -0.39 is 0 Å². The number of hydrogen-bond donors (Lipinski definition) is 2. The molecule has 0 aromatic carbocycles. The molecule has 0 fully saturated rings. The molecule has 0 bridgehead atoms. The molecule has 0 radical (unpaired) electrons. The van der Waals surface area contributed by atoms with Gasteiger partial charge < -0.3 is 5.43 Å². The highest BCUT2D eigenvalue weighted by Gasteiger charge is 2.12. The first-order valence-electron chi connectivity index (χ1n) is 5.32. The molecule has 7 heteroatoms. The lowest BCUT2D eigenvalue weighted by atomic mass is 10.1. The van der Waals surface area contributed by atoms with E-state index in [0.717, 1.165) is 18.8 Å². The Morgan fingerprint density at radius 1 is 1.28 bits per heavy atom. The number of aromatic nitrogens is 2. The molecule has 0 aliphatic carbocycles. The number of hydrazine groups is 1. The molecule has 2 aromatic heterocycles. The van der Waals surface area contributed by atoms with E-state index in [1.165, 1.54) is 0 Å². The van der Waals surface area contributed by atoms with Crippen LogP contribution in [0, 0.1) is 0 Å². The number of halogens is 2. The van der Waals surface area contributed by atoms with E-state index in [4.69, 9.17) is 5.84 Å². The summed E-state index contributed by atoms with van der Waals surface area (Å²) in [5.41, 5.74) is 3.55. The minimum Gasteiger partial charge on any atom is -0.308 e. The fraction of sp³-hybridized carbons (Fsp3) is 0.273. The quantitative estimate of drug-likeness (QED) is 0.609. The maximum atomic E-state index is 5.45. The van der Waals surface area contributed by atoms with Gasteiger partial charge >= 0.3 is 0 Å². The lowest BCUT2D eigenvalue weighted by Crippen LogP contribution is -2.10. The number of nitrogens with one attached hydrogen (secondary N) is 1. The molecule has 2 aromatic rings. The minimum absolute atomic E-state index is 0.325. The van der Waals surface area contributed by atoms with Crippen LogP contribution < -0.4 is 11.3 Å². The van der Waals surface area contributed by atoms with Gasteiger partial charge in [0.2, 0.25) is 0 Å². The molecule has 2 rings (SSSR count). The lowest BCUT2D eigenvalue weighted by molar-refractivity contribution is 0.817. The van der Waals surface area contributed by atoms with Crippen LogP contribution in [0.1, 0.15) is 25.5 Å². The van der Waals surface area contributed by atoms with E-state index in [-0.39, 0.29) is 0 Å². The third-order valence-electron chi connectivity index (χ3n) is 2.35. The van der Waals surface area contributed by atoms with E-state index in [1.807, 2.05) is 12.1 Å². The third-order valence-corrected chi connectivity index (χ3v) is 5.60. The third kappa shape index (κ3) is 2.90. The first-order chi connectivity index (χ1) is 8.51. The Morgan fingerprint density at radius 2 is 2.00 bits per heavy atom. The normalized spacial score (nSPS) is 11.0. The van der Waals surface area contributed by atoms with Crippen LogP contribution in [-0.4, -0.2) is 9.97 Å². The summed E-state index contributed by atoms with van der Waals surface area (Å²) in [5.74, 6) is 7.08. The Morgan fingerprint density at radius 3 is 2.50 bits per heavy atom. The Hall–Kier alpha value is -0.500. The van der Waals surface area contributed by atoms with Crippen LogP contribution in [0.3, 0.4) is 0 Å². The number of nitrogens with two attached hydrogens (primary N) is 1. The maximum Gasteiger partial charge on any atom is 0.171 e. The lowest BCUT2D eigenvalue weighted by Gasteiger charge is -2.08. The van der Waals surface area contributed by atoms with Crippen LogP contribution in [0.5, 0.6) is 0 Å². The topological polar surface area (TPSA) is 63.8 Å². The predicted octanol–water partition coefficient (Wildman–Crippen LogP) is 4.14. The van der Waals surface area contributed by atoms with E-state index in [2.05, 4.69) is 61.1 Å². The van der Waals surface area contributed by atoms with E-state index in [1.54, 1.807) is 11.3 Å². The summed E-state index contributed by atoms with van der Waals surface area (Å²) < 4.78 is 2.03. The molecular formula is C11H12Br2N4S. The molecule has 0 saturated heterocycles. The van der Waals surface area contributed by atoms with E-state index in [0.29, 0.717) is 17.6 Å². The van der Waals surface area contributed by atoms with Crippen molar-refractivity contribution in [1.29, 1.82) is 0 Å². The molecule has 18 heavy (non-hydrogen) atoms. The van der Waals surface area contributed by atoms with Gasteiger partial charge in [0.1, 0.15) is 5.82 Å². The monoisotopic (exact) mass is 390 g/mol. The predicted molar refractivity (Wildman–Crippen MR) is 82.6 cm³/mol. The fourth-order valence-corrected chi connectivity index (χ4v) is 3.37. The largest absolute Gasteiger partial charge is 0.308 e. The summed E-state index contributed by atoms with van der Waals surface area (Å²) in [6.07, 6.45) is 0. The highest BCUT2D eigenvalue weighted by atomic mass is 79.9. The highest BCUT2D eigenvalue weighted by molar-refractivity contribution is 9.13. The van der Waals surface area contributed by atoms with Crippen molar-refractivity contribution in [2.75, 3.05) is 5.43 Å². The van der Waals surface area contributed by atoms with Crippen molar-refractivity contribution in [3.05, 3.63) is 26.1 Å². The van der Waals surface area contributed by atoms with Gasteiger partial charge in [0.25, 0.3) is 0 Å². The summed E-state index contributed by atoms with van der Waals surface area (Å²) in [5, 5.41) is 0. The van der Waals surface area contributed by atoms with Crippen LogP contribution in [0.4, 0.5) is 5.82 Å². The molecule has 0 amide bonds. The second-order valence-corrected chi connectivity index (χ2v) is 7.26. The Balaban J connectivity index is 2.52. The molecule has 4 nitrogen and oxygen atoms in total. The molecular weight excluding hydrogens is 380 g/mol. The highest BCUT2D eigenvalue weighted by Crippen LogP contribution is 2.37. The van der Waals surface area contributed by atoms with Crippen LogP contribution in [0.25, 0.3) is 10.7 Å². The first-order valence-corrected chi connectivity index (χ1v) is 7.72. The van der Waals surface area contributed by atoms with Crippen LogP contribution in [0.2, 0.25) is 0 Å². The van der Waals surface area contributed by atoms with Gasteiger partial charge in [0.05, 0.1) is 8.66 Å². The zero-order valence-corrected chi connectivity index (χ0v) is 13.9. The molecule has 0 atom stereocenters. The van der Waals surface area contributed by atoms with Crippen molar-refractivity contribution in [3.63, 3.8) is 0 Å². The van der Waals surface area contributed by atoms with Crippen molar-refractivity contribution >= 4 is 49.0 Å². The number of thiophene rings is 1. The van der Waals surface area contributed by atoms with Crippen molar-refractivity contribution in [2.45, 2.75) is 19.8 Å². The number of hydrogen-bond acceptors (Lipinski definition) is 5. The van der Waals surface area contributed by atoms with Gasteiger partial charge in [-0.1, -0.05) is 13.8 Å². The van der Waals surface area contributed by atoms with Gasteiger partial charge in [-0.2, -0.15) is 0 Å². The van der Waals surface area contributed by atoms with Gasteiger partial charge in [-0.05, 0) is 43.8 Å². The van der Waals surface area contributed by atoms with Gasteiger partial charge in [-0.25, -0.2) is 15.8 Å². The number of nitrogens with zero attached hydrogens (tertiary/aromatic N) is 2. The van der Waals surface area contributed by atoms with Crippen molar-refractivity contribution in [3.8, 4) is 10.7 Å². The maximum absolute atomic E-state index is 5.45. The zero-order chi connectivity index (χ0) is 13.3. The minimum atomic E-state index is 0.325. The molecule has 0 saturated carbocycles. The van der Waals surface area contributed by atoms with Gasteiger partial charge in [-0.15, -0.1) is 11.3 Å². The number of anilines is 1. The summed E-state index contributed by atoms with van der Waals surface area (Å²) in [6.45, 7) is 4.18. The number of rotatable bonds is 3. The van der Waals surface area contributed by atoms with E-state index in [9.17, 15) is 0 Å². The number of nitrogen functional groups attached to an aromatic ring is 1. The van der Waals surface area contributed by atoms with Crippen LogP contribution in [-0.2, 0) is 0 Å². The smallest absolute Gasteiger partial charge is 0.171 e. The SMILES string of the molecule is CC(C)c1cc(NN)nc(-c2cc(Br)c(Br)s2)n1. The van der Waals surface area contributed by atoms with Gasteiger partial charge in [-0.3, -0.25) is 0 Å². The molecule has 2 heterocycles. The second kappa shape index (κ2) is 5.64. The van der Waals surface area contributed by atoms with Crippen molar-refractivity contribution < 1.29 is 0 Å². The molecule has 0 aliphatic heterocycles. The van der Waals surface area contributed by atoms with Crippen LogP contribution in [0.15, 0.2) is 20.4 Å². The average molecular weight is 392 g/mol. The fourth-order valence-electron chi connectivity index (χ4n) is 1.40. The van der Waals surface area contributed by atoms with Crippen LogP contribution >= 0.6 is 43.2 Å². The summed E-state index contributed by atoms with van der Waals surface area (Å²) >= 11 is 8.52. The summed E-state index contributed by atoms with van der Waals surface area (Å²) in [7, 11) is 0. The Bertz CT molecular complexity index is 549. The standard InChI is InChI=1S/C11H12Br2N4S/c1-5(2)7-4-9(17-14)16-11(15-7)8-3-6(12)10(13)18-8/h3-5H,14H2,1-2H3,(H,15,16,17). The molecule has 0 unspecified atom stereocenters. The molecule has 0 spiro atoms. The molecule has 96 valence electrons. The Labute approximate surface area is 126 Å². The molecule has 3 N–H and O–H groups in total. The van der Waals surface area contributed by atoms with Crippen molar-refractivity contribution in [2.24, 2.45) is 5.84 Å². The summed E-state index contributed by atoms with van der Waals surface area (Å²) in [4.78, 5) is 9.94. The summed E-state index contributed by atoms with van der Waals surface area (Å²) in [6, 6.07) is 3.86. The first kappa shape index (κ1) is 13.9. The molecule has 0 aliphatic rings. The average Bonchev–Trinajstić information content (AvgIpc) is 2.69. The van der Waals surface area contributed by atoms with Gasteiger partial charge in [0.15, 0.2) is 5.82 Å². The second-order valence-electron chi connectivity index (χ2n) is 4.03. The van der Waals surface area contributed by atoms with Gasteiger partial charge in [0, 0.05) is 16.2 Å². The zero-order valence-electron chi connectivity index (χ0n) is 9.87.